The third-order valence-corrected chi connectivity index (χ3v) is 9.36. The van der Waals surface area contributed by atoms with Crippen LogP contribution in [0.1, 0.15) is 76.7 Å². The van der Waals surface area contributed by atoms with E-state index in [1.165, 1.54) is 0 Å². The summed E-state index contributed by atoms with van der Waals surface area (Å²) in [5, 5.41) is 22.2. The van der Waals surface area contributed by atoms with E-state index < -0.39 is 11.1 Å². The van der Waals surface area contributed by atoms with Gasteiger partial charge in [0.15, 0.2) is 5.82 Å². The third-order valence-electron chi connectivity index (χ3n) is 9.36. The Morgan fingerprint density at radius 1 is 1.00 bits per heavy atom. The number of carbonyl (C=O) groups excluding carboxylic acids is 2. The van der Waals surface area contributed by atoms with Gasteiger partial charge in [-0.25, -0.2) is 0 Å². The average molecular weight is 568 g/mol. The van der Waals surface area contributed by atoms with Crippen molar-refractivity contribution in [2.24, 2.45) is 11.7 Å². The normalized spacial score (nSPS) is 27.8. The van der Waals surface area contributed by atoms with E-state index in [4.69, 9.17) is 5.73 Å². The molecule has 2 saturated carbocycles. The first kappa shape index (κ1) is 28.5. The number of likely N-dealkylation sites (tertiary alicyclic amines) is 1. The van der Waals surface area contributed by atoms with Crippen LogP contribution in [0.2, 0.25) is 0 Å². The van der Waals surface area contributed by atoms with Gasteiger partial charge in [0.05, 0.1) is 5.60 Å². The predicted octanol–water partition coefficient (Wildman–Crippen LogP) is 5.41. The van der Waals surface area contributed by atoms with Crippen molar-refractivity contribution >= 4 is 17.6 Å². The number of piperidine rings is 1. The molecule has 3 fully saturated rings. The van der Waals surface area contributed by atoms with Gasteiger partial charge in [0, 0.05) is 42.1 Å². The van der Waals surface area contributed by atoms with Crippen LogP contribution in [0.5, 0.6) is 0 Å². The number of nitrogens with zero attached hydrogens (tertiary/aromatic N) is 3. The van der Waals surface area contributed by atoms with Crippen LogP contribution in [0, 0.1) is 5.92 Å². The minimum absolute atomic E-state index is 0.0532. The third kappa shape index (κ3) is 6.10. The molecule has 0 spiro atoms. The molecule has 1 aromatic heterocycles. The Morgan fingerprint density at radius 2 is 1.71 bits per heavy atom. The van der Waals surface area contributed by atoms with E-state index in [0.29, 0.717) is 49.4 Å². The Balaban J connectivity index is 1.14. The van der Waals surface area contributed by atoms with Gasteiger partial charge in [-0.05, 0) is 81.4 Å². The van der Waals surface area contributed by atoms with Crippen LogP contribution in [0.25, 0.3) is 22.4 Å². The lowest BCUT2D eigenvalue weighted by Gasteiger charge is -2.49. The number of hydrogen-bond donors (Lipinski definition) is 3. The second-order valence-electron chi connectivity index (χ2n) is 12.9. The first-order valence-electron chi connectivity index (χ1n) is 15.3. The average Bonchev–Trinajstić information content (AvgIpc) is 2.97. The number of carbonyl (C=O) groups is 2. The van der Waals surface area contributed by atoms with Crippen LogP contribution >= 0.6 is 0 Å². The molecule has 1 saturated heterocycles. The Bertz CT molecular complexity index is 1420. The van der Waals surface area contributed by atoms with Crippen LogP contribution < -0.4 is 11.1 Å². The van der Waals surface area contributed by atoms with E-state index in [2.05, 4.69) is 20.4 Å². The molecule has 220 valence electrons. The van der Waals surface area contributed by atoms with Gasteiger partial charge in [0.2, 0.25) is 11.8 Å². The number of aromatic nitrogens is 2. The molecule has 0 unspecified atom stereocenters. The van der Waals surface area contributed by atoms with E-state index in [-0.39, 0.29) is 5.91 Å². The molecule has 2 amide bonds. The number of anilines is 1. The smallest absolute Gasteiger partial charge is 0.225 e. The summed E-state index contributed by atoms with van der Waals surface area (Å²) in [6.45, 7) is 2.70. The zero-order chi connectivity index (χ0) is 29.3. The van der Waals surface area contributed by atoms with E-state index >= 15 is 0 Å². The van der Waals surface area contributed by atoms with Crippen molar-refractivity contribution < 1.29 is 14.7 Å². The lowest BCUT2D eigenvalue weighted by molar-refractivity contribution is -0.136. The summed E-state index contributed by atoms with van der Waals surface area (Å²) in [5.74, 6) is 0.989. The van der Waals surface area contributed by atoms with E-state index in [1.54, 1.807) is 0 Å². The lowest BCUT2D eigenvalue weighted by Crippen LogP contribution is -2.58. The molecule has 3 aromatic rings. The minimum atomic E-state index is -0.716. The largest absolute Gasteiger partial charge is 0.390 e. The second kappa shape index (κ2) is 11.6. The molecule has 8 nitrogen and oxygen atoms in total. The summed E-state index contributed by atoms with van der Waals surface area (Å²) < 4.78 is 0. The van der Waals surface area contributed by atoms with Crippen molar-refractivity contribution in [2.45, 2.75) is 88.3 Å². The molecule has 2 aliphatic carbocycles. The fraction of sp³-hybridized carbons (Fsp3) is 0.471. The van der Waals surface area contributed by atoms with Crippen molar-refractivity contribution in [1.29, 1.82) is 0 Å². The zero-order valence-electron chi connectivity index (χ0n) is 24.4. The molecule has 3 aliphatic rings. The second-order valence-corrected chi connectivity index (χ2v) is 12.9. The molecule has 0 radical (unpaired) electrons. The molecule has 42 heavy (non-hydrogen) atoms. The van der Waals surface area contributed by atoms with Gasteiger partial charge in [-0.2, -0.15) is 0 Å². The molecule has 6 rings (SSSR count). The fourth-order valence-electron chi connectivity index (χ4n) is 7.30. The highest BCUT2D eigenvalue weighted by Gasteiger charge is 2.49. The fourth-order valence-corrected chi connectivity index (χ4v) is 7.30. The molecule has 2 heterocycles. The standard InChI is InChI=1S/C34H41N5O3/c1-33(42)21-34(35,22-33)26-14-12-25(13-15-26)32-28(24-7-3-2-4-8-24)20-29(37-38-32)36-30(40)19-23-10-16-27(17-11-23)39-18-6-5-9-31(39)41/h2-4,7-8,12-15,20,23,27,42H,5-6,9-11,16-19,21-22,35H2,1H3,(H,36,37,40)/t23?,27?,33-,34-. The van der Waals surface area contributed by atoms with Crippen molar-refractivity contribution in [1.82, 2.24) is 15.1 Å². The number of aliphatic hydroxyl groups is 1. The molecule has 4 N–H and O–H groups in total. The van der Waals surface area contributed by atoms with Gasteiger partial charge in [-0.15, -0.1) is 10.2 Å². The highest BCUT2D eigenvalue weighted by molar-refractivity contribution is 5.91. The molecular formula is C34H41N5O3. The molecule has 0 atom stereocenters. The summed E-state index contributed by atoms with van der Waals surface area (Å²) in [4.78, 5) is 27.5. The van der Waals surface area contributed by atoms with Crippen LogP contribution in [0.4, 0.5) is 5.82 Å². The summed E-state index contributed by atoms with van der Waals surface area (Å²) in [7, 11) is 0. The van der Waals surface area contributed by atoms with Crippen LogP contribution in [0.15, 0.2) is 60.7 Å². The molecule has 8 heteroatoms. The maximum absolute atomic E-state index is 13.1. The number of rotatable bonds is 7. The van der Waals surface area contributed by atoms with Crippen molar-refractivity contribution in [3.05, 3.63) is 66.2 Å². The number of amides is 2. The first-order valence-corrected chi connectivity index (χ1v) is 15.3. The summed E-state index contributed by atoms with van der Waals surface area (Å²) >= 11 is 0. The molecule has 0 bridgehead atoms. The van der Waals surface area contributed by atoms with E-state index in [0.717, 1.165) is 73.0 Å². The number of hydrogen-bond acceptors (Lipinski definition) is 6. The highest BCUT2D eigenvalue weighted by atomic mass is 16.3. The Morgan fingerprint density at radius 3 is 2.38 bits per heavy atom. The number of nitrogens with one attached hydrogen (secondary N) is 1. The highest BCUT2D eigenvalue weighted by Crippen LogP contribution is 2.46. The zero-order valence-corrected chi connectivity index (χ0v) is 24.4. The van der Waals surface area contributed by atoms with Gasteiger partial charge < -0.3 is 21.1 Å². The monoisotopic (exact) mass is 567 g/mol. The van der Waals surface area contributed by atoms with Crippen LogP contribution in [0.3, 0.4) is 0 Å². The summed E-state index contributed by atoms with van der Waals surface area (Å²) in [5.41, 5.74) is 9.80. The number of benzene rings is 2. The minimum Gasteiger partial charge on any atom is -0.390 e. The maximum Gasteiger partial charge on any atom is 0.225 e. The van der Waals surface area contributed by atoms with Crippen LogP contribution in [-0.2, 0) is 15.1 Å². The van der Waals surface area contributed by atoms with Crippen LogP contribution in [-0.4, -0.2) is 50.2 Å². The van der Waals surface area contributed by atoms with Crippen molar-refractivity contribution in [2.75, 3.05) is 11.9 Å². The molecular weight excluding hydrogens is 526 g/mol. The van der Waals surface area contributed by atoms with E-state index in [1.807, 2.05) is 67.6 Å². The SMILES string of the molecule is C[C@]1(O)C[C@@](N)(c2ccc(-c3nnc(NC(=O)CC4CCC(N5CCCCC5=O)CC4)cc3-c3ccccc3)cc2)C1. The van der Waals surface area contributed by atoms with Crippen molar-refractivity contribution in [3.63, 3.8) is 0 Å². The van der Waals surface area contributed by atoms with E-state index in [9.17, 15) is 14.7 Å². The summed E-state index contributed by atoms with van der Waals surface area (Å²) in [6, 6.07) is 20.2. The Labute approximate surface area is 247 Å². The summed E-state index contributed by atoms with van der Waals surface area (Å²) in [6.07, 6.45) is 8.15. The van der Waals surface area contributed by atoms with Gasteiger partial charge in [0.1, 0.15) is 5.69 Å². The topological polar surface area (TPSA) is 121 Å². The Kier molecular flexibility index (Phi) is 7.85. The lowest BCUT2D eigenvalue weighted by atomic mass is 9.63. The predicted molar refractivity (Wildman–Crippen MR) is 163 cm³/mol. The maximum atomic E-state index is 13.1. The first-order chi connectivity index (χ1) is 20.2. The van der Waals surface area contributed by atoms with Gasteiger partial charge >= 0.3 is 0 Å². The molecule has 2 aromatic carbocycles. The van der Waals surface area contributed by atoms with Crippen molar-refractivity contribution in [3.8, 4) is 22.4 Å². The molecule has 1 aliphatic heterocycles. The van der Waals surface area contributed by atoms with Gasteiger partial charge in [-0.1, -0.05) is 54.6 Å². The van der Waals surface area contributed by atoms with Gasteiger partial charge in [0.25, 0.3) is 0 Å². The Hall–Kier alpha value is -3.62. The number of nitrogens with two attached hydrogens (primary N) is 1. The van der Waals surface area contributed by atoms with Gasteiger partial charge in [-0.3, -0.25) is 9.59 Å². The quantitative estimate of drug-likeness (QED) is 0.351.